The van der Waals surface area contributed by atoms with Crippen LogP contribution in [0, 0.1) is 5.82 Å². The molecule has 0 saturated heterocycles. The van der Waals surface area contributed by atoms with E-state index in [-0.39, 0.29) is 11.9 Å². The van der Waals surface area contributed by atoms with Crippen LogP contribution in [-0.4, -0.2) is 6.04 Å². The van der Waals surface area contributed by atoms with Gasteiger partial charge in [-0.05, 0) is 56.3 Å². The molecule has 3 heteroatoms. The minimum atomic E-state index is -0.252. The van der Waals surface area contributed by atoms with Crippen LogP contribution in [0.2, 0.25) is 0 Å². The van der Waals surface area contributed by atoms with Crippen LogP contribution >= 0.6 is 0 Å². The van der Waals surface area contributed by atoms with Crippen molar-refractivity contribution in [3.05, 3.63) is 53.5 Å². The van der Waals surface area contributed by atoms with E-state index < -0.39 is 0 Å². The topological polar surface area (TPSA) is 39.2 Å². The summed E-state index contributed by atoms with van der Waals surface area (Å²) in [4.78, 5) is 0. The lowest BCUT2D eigenvalue weighted by atomic mass is 10.1. The van der Waals surface area contributed by atoms with Gasteiger partial charge in [0.1, 0.15) is 17.3 Å². The number of hydrogen-bond acceptors (Lipinski definition) is 2. The molecular formula is C15H16FNO. The van der Waals surface area contributed by atoms with Gasteiger partial charge in [0.05, 0.1) is 0 Å². The van der Waals surface area contributed by atoms with Crippen LogP contribution in [0.25, 0.3) is 17.4 Å². The Bertz CT molecular complexity index is 552. The molecule has 18 heavy (non-hydrogen) atoms. The lowest BCUT2D eigenvalue weighted by Gasteiger charge is -2.03. The molecule has 2 aromatic rings. The smallest absolute Gasteiger partial charge is 0.134 e. The second kappa shape index (κ2) is 5.19. The van der Waals surface area contributed by atoms with Gasteiger partial charge in [-0.3, -0.25) is 0 Å². The zero-order valence-corrected chi connectivity index (χ0v) is 10.5. The van der Waals surface area contributed by atoms with E-state index in [9.17, 15) is 4.39 Å². The van der Waals surface area contributed by atoms with E-state index in [4.69, 9.17) is 10.2 Å². The first-order valence-corrected chi connectivity index (χ1v) is 5.86. The molecule has 0 spiro atoms. The number of benzene rings is 1. The second-order valence-electron chi connectivity index (χ2n) is 4.39. The molecule has 1 aromatic heterocycles. The quantitative estimate of drug-likeness (QED) is 0.892. The van der Waals surface area contributed by atoms with Crippen molar-refractivity contribution >= 4 is 6.08 Å². The molecule has 0 fully saturated rings. The zero-order chi connectivity index (χ0) is 13.1. The summed E-state index contributed by atoms with van der Waals surface area (Å²) in [6.07, 6.45) is 1.91. The average Bonchev–Trinajstić information content (AvgIpc) is 2.78. The standard InChI is InChI=1S/C15H16FNO/c1-10(11(2)17)9-14-7-8-15(18-14)12-3-5-13(16)6-4-12/h3-9,11H,17H2,1-2H3/b10-9+. The molecule has 1 atom stereocenters. The van der Waals surface area contributed by atoms with E-state index in [0.717, 1.165) is 22.7 Å². The summed E-state index contributed by atoms with van der Waals surface area (Å²) < 4.78 is 18.5. The minimum Gasteiger partial charge on any atom is -0.457 e. The Hall–Kier alpha value is -1.87. The van der Waals surface area contributed by atoms with E-state index in [1.165, 1.54) is 12.1 Å². The van der Waals surface area contributed by atoms with Gasteiger partial charge >= 0.3 is 0 Å². The van der Waals surface area contributed by atoms with E-state index >= 15 is 0 Å². The highest BCUT2D eigenvalue weighted by Crippen LogP contribution is 2.23. The van der Waals surface area contributed by atoms with E-state index in [2.05, 4.69) is 0 Å². The Morgan fingerprint density at radius 1 is 1.22 bits per heavy atom. The maximum Gasteiger partial charge on any atom is 0.134 e. The lowest BCUT2D eigenvalue weighted by Crippen LogP contribution is -2.15. The number of rotatable bonds is 3. The molecule has 2 rings (SSSR count). The molecule has 1 heterocycles. The van der Waals surface area contributed by atoms with Crippen LogP contribution in [0.1, 0.15) is 19.6 Å². The van der Waals surface area contributed by atoms with Gasteiger partial charge in [-0.15, -0.1) is 0 Å². The van der Waals surface area contributed by atoms with Crippen LogP contribution in [0.5, 0.6) is 0 Å². The molecule has 1 unspecified atom stereocenters. The van der Waals surface area contributed by atoms with Gasteiger partial charge < -0.3 is 10.2 Å². The first kappa shape index (κ1) is 12.6. The fourth-order valence-electron chi connectivity index (χ4n) is 1.56. The third-order valence-corrected chi connectivity index (χ3v) is 2.84. The molecule has 0 bridgehead atoms. The summed E-state index contributed by atoms with van der Waals surface area (Å²) in [5, 5.41) is 0. The Balaban J connectivity index is 2.25. The van der Waals surface area contributed by atoms with Gasteiger partial charge in [-0.25, -0.2) is 4.39 Å². The van der Waals surface area contributed by atoms with Crippen LogP contribution in [0.3, 0.4) is 0 Å². The zero-order valence-electron chi connectivity index (χ0n) is 10.5. The van der Waals surface area contributed by atoms with Gasteiger partial charge in [0, 0.05) is 11.6 Å². The summed E-state index contributed by atoms with van der Waals surface area (Å²) in [5.74, 6) is 1.22. The normalized spacial score (nSPS) is 13.7. The van der Waals surface area contributed by atoms with Crippen LogP contribution < -0.4 is 5.73 Å². The van der Waals surface area contributed by atoms with Crippen molar-refractivity contribution in [2.45, 2.75) is 19.9 Å². The van der Waals surface area contributed by atoms with Crippen molar-refractivity contribution in [3.63, 3.8) is 0 Å². The summed E-state index contributed by atoms with van der Waals surface area (Å²) in [6.45, 7) is 3.89. The van der Waals surface area contributed by atoms with Crippen molar-refractivity contribution in [3.8, 4) is 11.3 Å². The molecule has 0 saturated carbocycles. The fourth-order valence-corrected chi connectivity index (χ4v) is 1.56. The van der Waals surface area contributed by atoms with Crippen molar-refractivity contribution in [2.24, 2.45) is 5.73 Å². The molecule has 0 aliphatic rings. The molecule has 1 aromatic carbocycles. The number of hydrogen-bond donors (Lipinski definition) is 1. The Labute approximate surface area is 106 Å². The SMILES string of the molecule is C/C(=C\c1ccc(-c2ccc(F)cc2)o1)C(C)N. The molecule has 0 amide bonds. The summed E-state index contributed by atoms with van der Waals surface area (Å²) in [6, 6.07) is 9.98. The summed E-state index contributed by atoms with van der Waals surface area (Å²) in [5.41, 5.74) is 7.67. The van der Waals surface area contributed by atoms with Gasteiger partial charge in [0.25, 0.3) is 0 Å². The van der Waals surface area contributed by atoms with E-state index in [0.29, 0.717) is 0 Å². The third kappa shape index (κ3) is 2.87. The minimum absolute atomic E-state index is 0.00405. The van der Waals surface area contributed by atoms with Crippen LogP contribution in [0.15, 0.2) is 46.4 Å². The highest BCUT2D eigenvalue weighted by Gasteiger charge is 2.04. The monoisotopic (exact) mass is 245 g/mol. The van der Waals surface area contributed by atoms with E-state index in [1.807, 2.05) is 32.1 Å². The van der Waals surface area contributed by atoms with Gasteiger partial charge in [-0.1, -0.05) is 5.57 Å². The second-order valence-corrected chi connectivity index (χ2v) is 4.39. The van der Waals surface area contributed by atoms with E-state index in [1.54, 1.807) is 12.1 Å². The first-order valence-electron chi connectivity index (χ1n) is 5.86. The Morgan fingerprint density at radius 3 is 2.50 bits per heavy atom. The largest absolute Gasteiger partial charge is 0.457 e. The lowest BCUT2D eigenvalue weighted by molar-refractivity contribution is 0.570. The maximum absolute atomic E-state index is 12.8. The summed E-state index contributed by atoms with van der Waals surface area (Å²) >= 11 is 0. The number of nitrogens with two attached hydrogens (primary N) is 1. The highest BCUT2D eigenvalue weighted by molar-refractivity contribution is 5.60. The van der Waals surface area contributed by atoms with Gasteiger partial charge in [0.2, 0.25) is 0 Å². The predicted octanol–water partition coefficient (Wildman–Crippen LogP) is 3.84. The first-order chi connectivity index (χ1) is 8.56. The Kier molecular flexibility index (Phi) is 3.63. The molecule has 2 N–H and O–H groups in total. The van der Waals surface area contributed by atoms with Gasteiger partial charge in [-0.2, -0.15) is 0 Å². The predicted molar refractivity (Wildman–Crippen MR) is 71.4 cm³/mol. The molecule has 2 nitrogen and oxygen atoms in total. The molecular weight excluding hydrogens is 229 g/mol. The fraction of sp³-hybridized carbons (Fsp3) is 0.200. The molecule has 0 aliphatic heterocycles. The molecule has 0 aliphatic carbocycles. The van der Waals surface area contributed by atoms with Crippen LogP contribution in [-0.2, 0) is 0 Å². The molecule has 94 valence electrons. The molecule has 0 radical (unpaired) electrons. The highest BCUT2D eigenvalue weighted by atomic mass is 19.1. The van der Waals surface area contributed by atoms with Crippen molar-refractivity contribution in [2.75, 3.05) is 0 Å². The van der Waals surface area contributed by atoms with Crippen LogP contribution in [0.4, 0.5) is 4.39 Å². The van der Waals surface area contributed by atoms with Crippen molar-refractivity contribution in [1.82, 2.24) is 0 Å². The van der Waals surface area contributed by atoms with Gasteiger partial charge in [0.15, 0.2) is 0 Å². The number of furan rings is 1. The third-order valence-electron chi connectivity index (χ3n) is 2.84. The van der Waals surface area contributed by atoms with Crippen molar-refractivity contribution < 1.29 is 8.81 Å². The summed E-state index contributed by atoms with van der Waals surface area (Å²) in [7, 11) is 0. The number of halogens is 1. The average molecular weight is 245 g/mol. The maximum atomic E-state index is 12.8. The van der Waals surface area contributed by atoms with Crippen molar-refractivity contribution in [1.29, 1.82) is 0 Å². The Morgan fingerprint density at radius 2 is 1.89 bits per heavy atom.